The average Bonchev–Trinajstić information content (AvgIpc) is 3.29. The number of amides is 1. The van der Waals surface area contributed by atoms with Crippen LogP contribution in [0.4, 0.5) is 18.0 Å². The molecule has 1 amide bonds. The van der Waals surface area contributed by atoms with E-state index in [0.29, 0.717) is 32.7 Å². The first-order valence-electron chi connectivity index (χ1n) is 12.1. The molecule has 0 saturated heterocycles. The van der Waals surface area contributed by atoms with Crippen LogP contribution < -0.4 is 9.84 Å². The summed E-state index contributed by atoms with van der Waals surface area (Å²) in [5.74, 6) is -1.35. The fraction of sp³-hybridized carbons (Fsp3) is 0.207. The third-order valence-electron chi connectivity index (χ3n) is 6.73. The molecule has 40 heavy (non-hydrogen) atoms. The van der Waals surface area contributed by atoms with E-state index >= 15 is 0 Å². The molecule has 11 heteroatoms. The lowest BCUT2D eigenvalue weighted by atomic mass is 9.95. The molecule has 0 N–H and O–H groups in total. The van der Waals surface area contributed by atoms with Crippen LogP contribution in [0.3, 0.4) is 0 Å². The van der Waals surface area contributed by atoms with E-state index < -0.39 is 29.7 Å². The van der Waals surface area contributed by atoms with E-state index in [-0.39, 0.29) is 18.7 Å². The van der Waals surface area contributed by atoms with Gasteiger partial charge in [-0.25, -0.2) is 4.79 Å². The highest BCUT2D eigenvalue weighted by Crippen LogP contribution is 2.34. The third kappa shape index (κ3) is 5.40. The number of cyclic esters (lactones) is 1. The van der Waals surface area contributed by atoms with Crippen LogP contribution in [0.15, 0.2) is 71.7 Å². The number of ether oxygens (including phenoxy) is 2. The SMILES string of the molecule is Cc1c(C(=O)c2ccc(Cl)cc2)c2ccc(OC(F)(F)F)cc2n1Cc1ccc(C[C@@]2(C)OC(=O)N=C2[O-])cc1. The molecule has 0 fully saturated rings. The van der Waals surface area contributed by atoms with Crippen LogP contribution in [0, 0.1) is 6.92 Å². The zero-order valence-corrected chi connectivity index (χ0v) is 22.0. The molecule has 4 aromatic rings. The van der Waals surface area contributed by atoms with Gasteiger partial charge in [-0.3, -0.25) is 4.79 Å². The first-order chi connectivity index (χ1) is 18.8. The largest absolute Gasteiger partial charge is 0.859 e. The second kappa shape index (κ2) is 10.0. The van der Waals surface area contributed by atoms with Gasteiger partial charge in [-0.15, -0.1) is 13.2 Å². The zero-order chi connectivity index (χ0) is 28.8. The number of carbonyl (C=O) groups excluding carboxylic acids is 2. The Morgan fingerprint density at radius 1 is 1.07 bits per heavy atom. The summed E-state index contributed by atoms with van der Waals surface area (Å²) in [5, 5.41) is 13.0. The lowest BCUT2D eigenvalue weighted by Gasteiger charge is -2.27. The summed E-state index contributed by atoms with van der Waals surface area (Å²) in [7, 11) is 0. The maximum absolute atomic E-state index is 13.5. The van der Waals surface area contributed by atoms with Gasteiger partial charge in [0, 0.05) is 46.6 Å². The smallest absolute Gasteiger partial charge is 0.573 e. The number of fused-ring (bicyclic) bond motifs is 1. The predicted molar refractivity (Wildman–Crippen MR) is 140 cm³/mol. The lowest BCUT2D eigenvalue weighted by molar-refractivity contribution is -0.274. The van der Waals surface area contributed by atoms with Crippen molar-refractivity contribution in [2.24, 2.45) is 4.99 Å². The van der Waals surface area contributed by atoms with Crippen LogP contribution in [0.25, 0.3) is 10.9 Å². The molecule has 0 spiro atoms. The zero-order valence-electron chi connectivity index (χ0n) is 21.2. The molecule has 0 aliphatic carbocycles. The van der Waals surface area contributed by atoms with E-state index in [1.54, 1.807) is 60.0 Å². The molecule has 0 radical (unpaired) electrons. The lowest BCUT2D eigenvalue weighted by Crippen LogP contribution is -2.44. The summed E-state index contributed by atoms with van der Waals surface area (Å²) in [6.45, 7) is 3.45. The minimum Gasteiger partial charge on any atom is -0.859 e. The van der Waals surface area contributed by atoms with E-state index in [1.807, 2.05) is 0 Å². The number of hydrogen-bond donors (Lipinski definition) is 0. The molecular formula is C29H21ClF3N2O5-. The minimum atomic E-state index is -4.88. The fourth-order valence-electron chi connectivity index (χ4n) is 4.80. The number of carbonyl (C=O) groups is 2. The molecule has 0 saturated carbocycles. The standard InChI is InChI=1S/C29H22ClF3N2O5/c1-16-24(25(36)19-7-9-20(30)10-8-19)22-12-11-21(39-29(31,32)33)13-23(22)35(16)15-18-5-3-17(4-6-18)14-28(2)26(37)34-27(38)40-28/h3-13H,14-15H2,1-2H3,(H,34,37,38)/p-1/t28-/m1/s1. The number of ketones is 1. The van der Waals surface area contributed by atoms with Crippen LogP contribution in [0.2, 0.25) is 5.02 Å². The Bertz CT molecular complexity index is 1660. The highest BCUT2D eigenvalue weighted by Gasteiger charge is 2.35. The maximum Gasteiger partial charge on any atom is 0.573 e. The predicted octanol–water partition coefficient (Wildman–Crippen LogP) is 5.99. The van der Waals surface area contributed by atoms with Gasteiger partial charge in [0.15, 0.2) is 5.78 Å². The number of rotatable bonds is 7. The Hall–Kier alpha value is -4.31. The monoisotopic (exact) mass is 569 g/mol. The second-order valence-corrected chi connectivity index (χ2v) is 10.1. The number of aromatic nitrogens is 1. The van der Waals surface area contributed by atoms with Crippen molar-refractivity contribution in [3.63, 3.8) is 0 Å². The van der Waals surface area contributed by atoms with Gasteiger partial charge in [0.05, 0.1) is 11.1 Å². The number of benzene rings is 3. The van der Waals surface area contributed by atoms with Crippen molar-refractivity contribution in [1.82, 2.24) is 4.57 Å². The van der Waals surface area contributed by atoms with Gasteiger partial charge < -0.3 is 19.1 Å². The molecule has 1 aliphatic heterocycles. The van der Waals surface area contributed by atoms with E-state index in [2.05, 4.69) is 9.73 Å². The molecule has 1 aliphatic rings. The normalized spacial score (nSPS) is 17.1. The van der Waals surface area contributed by atoms with E-state index in [4.69, 9.17) is 16.3 Å². The third-order valence-corrected chi connectivity index (χ3v) is 6.98. The van der Waals surface area contributed by atoms with Gasteiger partial charge in [0.2, 0.25) is 0 Å². The molecule has 3 aromatic carbocycles. The van der Waals surface area contributed by atoms with E-state index in [1.165, 1.54) is 25.1 Å². The van der Waals surface area contributed by atoms with Crippen LogP contribution in [-0.4, -0.2) is 34.3 Å². The van der Waals surface area contributed by atoms with Crippen molar-refractivity contribution in [2.45, 2.75) is 38.8 Å². The van der Waals surface area contributed by atoms with Gasteiger partial charge >= 0.3 is 12.5 Å². The van der Waals surface area contributed by atoms with Crippen molar-refractivity contribution in [3.05, 3.63) is 99.7 Å². The molecule has 5 rings (SSSR count). The quantitative estimate of drug-likeness (QED) is 0.255. The molecule has 1 aromatic heterocycles. The van der Waals surface area contributed by atoms with Gasteiger partial charge in [0.1, 0.15) is 11.4 Å². The molecule has 0 unspecified atom stereocenters. The summed E-state index contributed by atoms with van der Waals surface area (Å²) >= 11 is 5.97. The van der Waals surface area contributed by atoms with Crippen molar-refractivity contribution in [3.8, 4) is 5.75 Å². The highest BCUT2D eigenvalue weighted by molar-refractivity contribution is 6.30. The molecule has 2 heterocycles. The maximum atomic E-state index is 13.5. The topological polar surface area (TPSA) is 93.0 Å². The van der Waals surface area contributed by atoms with E-state index in [9.17, 15) is 27.9 Å². The van der Waals surface area contributed by atoms with Gasteiger partial charge in [-0.05, 0) is 61.4 Å². The Morgan fingerprint density at radius 2 is 1.73 bits per heavy atom. The van der Waals surface area contributed by atoms with Crippen molar-refractivity contribution >= 4 is 40.3 Å². The van der Waals surface area contributed by atoms with Crippen LogP contribution >= 0.6 is 11.6 Å². The number of hydrogen-bond acceptors (Lipinski definition) is 5. The molecule has 1 atom stereocenters. The number of aliphatic imine (C=N–C) groups is 1. The Morgan fingerprint density at radius 3 is 2.33 bits per heavy atom. The van der Waals surface area contributed by atoms with Crippen LogP contribution in [-0.2, 0) is 17.7 Å². The van der Waals surface area contributed by atoms with Crippen LogP contribution in [0.1, 0.15) is 39.7 Å². The second-order valence-electron chi connectivity index (χ2n) is 9.62. The first kappa shape index (κ1) is 27.3. The fourth-order valence-corrected chi connectivity index (χ4v) is 4.92. The minimum absolute atomic E-state index is 0.130. The number of alkyl halides is 3. The number of halogens is 4. The molecule has 206 valence electrons. The Kier molecular flexibility index (Phi) is 6.83. The highest BCUT2D eigenvalue weighted by atomic mass is 35.5. The summed E-state index contributed by atoms with van der Waals surface area (Å²) in [4.78, 5) is 28.2. The van der Waals surface area contributed by atoms with E-state index in [0.717, 1.165) is 11.1 Å². The van der Waals surface area contributed by atoms with Crippen LogP contribution in [0.5, 0.6) is 5.75 Å². The molecule has 7 nitrogen and oxygen atoms in total. The number of nitrogens with zero attached hydrogens (tertiary/aromatic N) is 2. The molecular weight excluding hydrogens is 549 g/mol. The Balaban J connectivity index is 1.51. The summed E-state index contributed by atoms with van der Waals surface area (Å²) in [5.41, 5.74) is 1.80. The summed E-state index contributed by atoms with van der Waals surface area (Å²) in [6, 6.07) is 17.3. The van der Waals surface area contributed by atoms with Crippen molar-refractivity contribution in [2.75, 3.05) is 0 Å². The summed E-state index contributed by atoms with van der Waals surface area (Å²) in [6.07, 6.45) is -5.67. The Labute approximate surface area is 231 Å². The first-order valence-corrected chi connectivity index (χ1v) is 12.5. The molecule has 0 bridgehead atoms. The van der Waals surface area contributed by atoms with Crippen molar-refractivity contribution < 1.29 is 37.3 Å². The summed E-state index contributed by atoms with van der Waals surface area (Å²) < 4.78 is 49.9. The van der Waals surface area contributed by atoms with Gasteiger partial charge in [-0.1, -0.05) is 35.9 Å². The van der Waals surface area contributed by atoms with Crippen molar-refractivity contribution in [1.29, 1.82) is 0 Å². The van der Waals surface area contributed by atoms with Gasteiger partial charge in [0.25, 0.3) is 0 Å². The van der Waals surface area contributed by atoms with Gasteiger partial charge in [-0.2, -0.15) is 4.99 Å². The average molecular weight is 570 g/mol.